The number of rotatable bonds is 9. The highest BCUT2D eigenvalue weighted by atomic mass is 35.5. The van der Waals surface area contributed by atoms with E-state index >= 15 is 0 Å². The van der Waals surface area contributed by atoms with Crippen molar-refractivity contribution >= 4 is 57.7 Å². The molecule has 1 aliphatic rings. The summed E-state index contributed by atoms with van der Waals surface area (Å²) in [6, 6.07) is 10.8. The SMILES string of the molecule is COC(=O)CNCC(=O)CC(C)(C)CN1C(=O)c2cc3oc(-c4ccc(Cl)cc4)cc3n2C1=S. The average molecular weight is 502 g/mol. The fourth-order valence-electron chi connectivity index (χ4n) is 4.05. The van der Waals surface area contributed by atoms with Crippen molar-refractivity contribution in [1.29, 1.82) is 0 Å². The second-order valence-electron chi connectivity index (χ2n) is 8.97. The molecule has 3 heterocycles. The van der Waals surface area contributed by atoms with E-state index in [1.165, 1.54) is 12.0 Å². The number of hydrogen-bond acceptors (Lipinski definition) is 7. The van der Waals surface area contributed by atoms with E-state index in [1.807, 2.05) is 32.0 Å². The lowest BCUT2D eigenvalue weighted by molar-refractivity contribution is -0.139. The Bertz CT molecular complexity index is 1290. The van der Waals surface area contributed by atoms with E-state index in [4.69, 9.17) is 28.2 Å². The highest BCUT2D eigenvalue weighted by Gasteiger charge is 2.39. The van der Waals surface area contributed by atoms with Crippen molar-refractivity contribution in [2.75, 3.05) is 26.7 Å². The summed E-state index contributed by atoms with van der Waals surface area (Å²) in [5.74, 6) is -0.0903. The van der Waals surface area contributed by atoms with Crippen molar-refractivity contribution in [3.63, 3.8) is 0 Å². The number of nitrogens with zero attached hydrogens (tertiary/aromatic N) is 2. The minimum atomic E-state index is -0.530. The average Bonchev–Trinajstić information content (AvgIpc) is 3.40. The molecule has 8 nitrogen and oxygen atoms in total. The molecule has 10 heteroatoms. The van der Waals surface area contributed by atoms with Crippen LogP contribution in [-0.2, 0) is 14.3 Å². The van der Waals surface area contributed by atoms with Gasteiger partial charge < -0.3 is 14.5 Å². The molecule has 34 heavy (non-hydrogen) atoms. The largest absolute Gasteiger partial charge is 0.468 e. The van der Waals surface area contributed by atoms with Gasteiger partial charge in [-0.1, -0.05) is 25.4 Å². The zero-order valence-corrected chi connectivity index (χ0v) is 20.6. The van der Waals surface area contributed by atoms with Crippen LogP contribution in [0.1, 0.15) is 30.8 Å². The minimum absolute atomic E-state index is 0.0362. The summed E-state index contributed by atoms with van der Waals surface area (Å²) in [6.07, 6.45) is 0.213. The summed E-state index contributed by atoms with van der Waals surface area (Å²) in [5.41, 5.74) is 2.05. The van der Waals surface area contributed by atoms with Gasteiger partial charge in [-0.2, -0.15) is 0 Å². The van der Waals surface area contributed by atoms with Gasteiger partial charge in [0.05, 0.1) is 25.7 Å². The molecule has 178 valence electrons. The highest BCUT2D eigenvalue weighted by Crippen LogP contribution is 2.35. The zero-order chi connectivity index (χ0) is 24.6. The number of furan rings is 1. The fraction of sp³-hybridized carbons (Fsp3) is 0.333. The van der Waals surface area contributed by atoms with E-state index < -0.39 is 11.4 Å². The van der Waals surface area contributed by atoms with E-state index in [9.17, 15) is 14.4 Å². The Kier molecular flexibility index (Phi) is 6.62. The number of fused-ring (bicyclic) bond motifs is 3. The van der Waals surface area contributed by atoms with Crippen LogP contribution in [0.3, 0.4) is 0 Å². The number of Topliss-reactive ketones (excluding diaryl/α,β-unsaturated/α-hetero) is 1. The van der Waals surface area contributed by atoms with Crippen molar-refractivity contribution in [2.24, 2.45) is 5.41 Å². The van der Waals surface area contributed by atoms with Gasteiger partial charge >= 0.3 is 5.97 Å². The van der Waals surface area contributed by atoms with Crippen LogP contribution in [0.2, 0.25) is 5.02 Å². The molecule has 1 aliphatic heterocycles. The molecule has 0 bridgehead atoms. The summed E-state index contributed by atoms with van der Waals surface area (Å²) >= 11 is 11.6. The number of carbonyl (C=O) groups excluding carboxylic acids is 3. The van der Waals surface area contributed by atoms with Crippen molar-refractivity contribution in [3.8, 4) is 11.3 Å². The number of hydrogen-bond donors (Lipinski definition) is 1. The molecule has 2 aromatic heterocycles. The van der Waals surface area contributed by atoms with Crippen LogP contribution in [0.5, 0.6) is 0 Å². The lowest BCUT2D eigenvalue weighted by Gasteiger charge is -2.29. The van der Waals surface area contributed by atoms with E-state index in [2.05, 4.69) is 10.1 Å². The standard InChI is InChI=1S/C24H24ClN3O5S/c1-24(2,10-16(29)11-26-12-21(30)32-3)13-27-22(31)18-9-20-17(28(18)23(27)34)8-19(33-20)14-4-6-15(25)7-5-14/h4-9,26H,10-13H2,1-3H3. The molecule has 0 fully saturated rings. The topological polar surface area (TPSA) is 93.8 Å². The molecular weight excluding hydrogens is 478 g/mol. The fourth-order valence-corrected chi connectivity index (χ4v) is 4.52. The van der Waals surface area contributed by atoms with E-state index in [0.717, 1.165) is 5.56 Å². The molecule has 1 aromatic carbocycles. The number of thiocarbonyl (C=S) groups is 1. The van der Waals surface area contributed by atoms with Gasteiger partial charge in [-0.15, -0.1) is 0 Å². The van der Waals surface area contributed by atoms with Gasteiger partial charge in [0, 0.05) is 35.7 Å². The Morgan fingerprint density at radius 2 is 1.88 bits per heavy atom. The summed E-state index contributed by atoms with van der Waals surface area (Å²) in [5, 5.41) is 3.75. The maximum Gasteiger partial charge on any atom is 0.319 e. The lowest BCUT2D eigenvalue weighted by Crippen LogP contribution is -2.41. The number of nitrogens with one attached hydrogen (secondary N) is 1. The number of methoxy groups -OCH3 is 1. The Morgan fingerprint density at radius 3 is 2.56 bits per heavy atom. The first-order valence-electron chi connectivity index (χ1n) is 10.7. The molecule has 0 atom stereocenters. The van der Waals surface area contributed by atoms with E-state index in [-0.39, 0.29) is 37.7 Å². The third-order valence-corrected chi connectivity index (χ3v) is 6.24. The van der Waals surface area contributed by atoms with Gasteiger partial charge in [-0.3, -0.25) is 23.9 Å². The van der Waals surface area contributed by atoms with Crippen LogP contribution in [0, 0.1) is 5.41 Å². The lowest BCUT2D eigenvalue weighted by atomic mass is 9.86. The van der Waals surface area contributed by atoms with Crippen LogP contribution < -0.4 is 5.32 Å². The van der Waals surface area contributed by atoms with E-state index in [1.54, 1.807) is 22.8 Å². The van der Waals surface area contributed by atoms with Crippen molar-refractivity contribution in [3.05, 3.63) is 47.1 Å². The molecule has 1 amide bonds. The zero-order valence-electron chi connectivity index (χ0n) is 19.0. The molecule has 3 aromatic rings. The third-order valence-electron chi connectivity index (χ3n) is 5.59. The number of ketones is 1. The van der Waals surface area contributed by atoms with Crippen LogP contribution in [0.15, 0.2) is 40.8 Å². The number of halogens is 1. The van der Waals surface area contributed by atoms with Gasteiger partial charge in [0.1, 0.15) is 17.2 Å². The summed E-state index contributed by atoms with van der Waals surface area (Å²) in [4.78, 5) is 38.2. The van der Waals surface area contributed by atoms with Gasteiger partial charge in [0.2, 0.25) is 0 Å². The minimum Gasteiger partial charge on any atom is -0.468 e. The van der Waals surface area contributed by atoms with Crippen LogP contribution in [0.25, 0.3) is 22.4 Å². The maximum absolute atomic E-state index is 13.1. The van der Waals surface area contributed by atoms with Crippen LogP contribution in [-0.4, -0.2) is 59.0 Å². The van der Waals surface area contributed by atoms with Gasteiger partial charge in [0.15, 0.2) is 10.7 Å². The monoisotopic (exact) mass is 501 g/mol. The van der Waals surface area contributed by atoms with Gasteiger partial charge in [0.25, 0.3) is 5.91 Å². The summed E-state index contributed by atoms with van der Waals surface area (Å²) in [7, 11) is 1.29. The van der Waals surface area contributed by atoms with Crippen LogP contribution in [0.4, 0.5) is 0 Å². The molecule has 0 aliphatic carbocycles. The second kappa shape index (κ2) is 9.32. The summed E-state index contributed by atoms with van der Waals surface area (Å²) in [6.45, 7) is 4.09. The maximum atomic E-state index is 13.1. The number of ether oxygens (including phenoxy) is 1. The van der Waals surface area contributed by atoms with Crippen LogP contribution >= 0.6 is 23.8 Å². The van der Waals surface area contributed by atoms with Crippen molar-refractivity contribution in [2.45, 2.75) is 20.3 Å². The summed E-state index contributed by atoms with van der Waals surface area (Å²) < 4.78 is 12.2. The molecular formula is C24H24ClN3O5S. The third kappa shape index (κ3) is 4.77. The Morgan fingerprint density at radius 1 is 1.18 bits per heavy atom. The van der Waals surface area contributed by atoms with Crippen molar-refractivity contribution < 1.29 is 23.5 Å². The first kappa shape index (κ1) is 24.1. The number of esters is 1. The quantitative estimate of drug-likeness (QED) is 0.351. The first-order chi connectivity index (χ1) is 16.1. The number of amides is 1. The molecule has 0 saturated heterocycles. The number of carbonyl (C=O) groups is 3. The number of aromatic nitrogens is 1. The Balaban J connectivity index is 1.47. The molecule has 0 saturated carbocycles. The molecule has 4 rings (SSSR count). The molecule has 0 spiro atoms. The predicted octanol–water partition coefficient (Wildman–Crippen LogP) is 3.89. The highest BCUT2D eigenvalue weighted by molar-refractivity contribution is 7.80. The first-order valence-corrected chi connectivity index (χ1v) is 11.4. The molecule has 0 unspecified atom stereocenters. The van der Waals surface area contributed by atoms with Gasteiger partial charge in [-0.05, 0) is 41.9 Å². The second-order valence-corrected chi connectivity index (χ2v) is 9.77. The molecule has 0 radical (unpaired) electrons. The Labute approximate surface area is 206 Å². The normalized spacial score (nSPS) is 13.6. The molecule has 1 N–H and O–H groups in total. The Hall–Kier alpha value is -3.01. The van der Waals surface area contributed by atoms with Gasteiger partial charge in [-0.25, -0.2) is 0 Å². The number of benzene rings is 1. The predicted molar refractivity (Wildman–Crippen MR) is 132 cm³/mol. The van der Waals surface area contributed by atoms with Crippen molar-refractivity contribution in [1.82, 2.24) is 14.8 Å². The van der Waals surface area contributed by atoms with E-state index in [0.29, 0.717) is 32.7 Å². The smallest absolute Gasteiger partial charge is 0.319 e.